The fraction of sp³-hybridized carbons (Fsp3) is 1.00. The van der Waals surface area contributed by atoms with Gasteiger partial charge in [-0.2, -0.15) is 0 Å². The number of hydrogen-bond acceptors (Lipinski definition) is 0. The number of halogens is 6. The van der Waals surface area contributed by atoms with Crippen LogP contribution in [0.4, 0.5) is 26.3 Å². The van der Waals surface area contributed by atoms with Crippen molar-refractivity contribution >= 4 is 0 Å². The average Bonchev–Trinajstić information content (AvgIpc) is 1.99. The maximum Gasteiger partial charge on any atom is 0.287 e. The van der Waals surface area contributed by atoms with E-state index in [1.54, 1.807) is 0 Å². The molecule has 0 saturated carbocycles. The second kappa shape index (κ2) is 4.72. The number of rotatable bonds is 5. The van der Waals surface area contributed by atoms with Crippen molar-refractivity contribution in [2.75, 3.05) is 0 Å². The fourth-order valence-electron chi connectivity index (χ4n) is 0.790. The van der Waals surface area contributed by atoms with E-state index in [1.165, 1.54) is 0 Å². The Balaban J connectivity index is 4.25. The van der Waals surface area contributed by atoms with Crippen molar-refractivity contribution in [2.24, 2.45) is 0 Å². The van der Waals surface area contributed by atoms with E-state index in [0.29, 0.717) is 0 Å². The lowest BCUT2D eigenvalue weighted by atomic mass is 10.1. The van der Waals surface area contributed by atoms with E-state index in [-0.39, 0.29) is 0 Å². The number of hydrogen-bond donors (Lipinski definition) is 0. The van der Waals surface area contributed by atoms with Gasteiger partial charge in [-0.15, -0.1) is 0 Å². The van der Waals surface area contributed by atoms with Gasteiger partial charge in [0.05, 0.1) is 6.42 Å². The molecule has 0 heterocycles. The smallest absolute Gasteiger partial charge is 0.244 e. The third-order valence-corrected chi connectivity index (χ3v) is 1.54. The molecule has 80 valence electrons. The largest absolute Gasteiger partial charge is 0.287 e. The fourth-order valence-corrected chi connectivity index (χ4v) is 0.790. The zero-order chi connectivity index (χ0) is 10.6. The molecular formula is C7H10F6. The maximum atomic E-state index is 12.5. The topological polar surface area (TPSA) is 0 Å². The zero-order valence-electron chi connectivity index (χ0n) is 6.91. The SMILES string of the molecule is CCC(F)[C@H](F)C(F)(F)CC(F)F. The highest BCUT2D eigenvalue weighted by molar-refractivity contribution is 4.83. The summed E-state index contributed by atoms with van der Waals surface area (Å²) in [6.07, 6.45) is -11.3. The summed E-state index contributed by atoms with van der Waals surface area (Å²) >= 11 is 0. The molecule has 6 heteroatoms. The number of alkyl halides is 6. The summed E-state index contributed by atoms with van der Waals surface area (Å²) in [5, 5.41) is 0. The molecule has 0 aliphatic rings. The quantitative estimate of drug-likeness (QED) is 0.607. The van der Waals surface area contributed by atoms with E-state index in [2.05, 4.69) is 0 Å². The molecule has 0 aromatic heterocycles. The highest BCUT2D eigenvalue weighted by Gasteiger charge is 2.46. The molecule has 0 aromatic carbocycles. The van der Waals surface area contributed by atoms with Crippen LogP contribution in [0.5, 0.6) is 0 Å². The Kier molecular flexibility index (Phi) is 4.56. The zero-order valence-corrected chi connectivity index (χ0v) is 6.91. The van der Waals surface area contributed by atoms with Gasteiger partial charge in [0.15, 0.2) is 6.17 Å². The first-order chi connectivity index (χ1) is 5.81. The molecule has 0 amide bonds. The Labute approximate surface area is 71.9 Å². The third-order valence-electron chi connectivity index (χ3n) is 1.54. The van der Waals surface area contributed by atoms with Gasteiger partial charge in [0.1, 0.15) is 6.17 Å². The normalized spacial score (nSPS) is 17.5. The van der Waals surface area contributed by atoms with Crippen LogP contribution < -0.4 is 0 Å². The van der Waals surface area contributed by atoms with Gasteiger partial charge in [-0.3, -0.25) is 0 Å². The minimum absolute atomic E-state index is 0.458. The minimum Gasteiger partial charge on any atom is -0.244 e. The van der Waals surface area contributed by atoms with Crippen LogP contribution in [0.25, 0.3) is 0 Å². The molecule has 0 aliphatic carbocycles. The van der Waals surface area contributed by atoms with E-state index in [0.717, 1.165) is 6.92 Å². The van der Waals surface area contributed by atoms with Crippen LogP contribution in [0.1, 0.15) is 19.8 Å². The second-order valence-electron chi connectivity index (χ2n) is 2.68. The van der Waals surface area contributed by atoms with Gasteiger partial charge in [0.25, 0.3) is 5.92 Å². The highest BCUT2D eigenvalue weighted by Crippen LogP contribution is 2.32. The lowest BCUT2D eigenvalue weighted by Crippen LogP contribution is -2.38. The van der Waals surface area contributed by atoms with Crippen LogP contribution in [0.15, 0.2) is 0 Å². The van der Waals surface area contributed by atoms with Gasteiger partial charge in [-0.05, 0) is 6.42 Å². The molecule has 0 nitrogen and oxygen atoms in total. The summed E-state index contributed by atoms with van der Waals surface area (Å²) in [4.78, 5) is 0. The Bertz CT molecular complexity index is 146. The molecule has 0 saturated heterocycles. The molecule has 0 aliphatic heterocycles. The summed E-state index contributed by atoms with van der Waals surface area (Å²) < 4.78 is 72.6. The van der Waals surface area contributed by atoms with E-state index in [9.17, 15) is 26.3 Å². The Morgan fingerprint density at radius 3 is 1.85 bits per heavy atom. The standard InChI is InChI=1S/C7H10F6/c1-2-4(8)6(11)7(12,13)3-5(9)10/h4-6H,2-3H2,1H3/t4?,6-/m0/s1. The van der Waals surface area contributed by atoms with Gasteiger partial charge < -0.3 is 0 Å². The van der Waals surface area contributed by atoms with E-state index < -0.39 is 37.5 Å². The van der Waals surface area contributed by atoms with Crippen molar-refractivity contribution < 1.29 is 26.3 Å². The highest BCUT2D eigenvalue weighted by atomic mass is 19.3. The Morgan fingerprint density at radius 1 is 1.08 bits per heavy atom. The molecule has 0 rings (SSSR count). The van der Waals surface area contributed by atoms with Crippen LogP contribution in [0.3, 0.4) is 0 Å². The molecule has 2 atom stereocenters. The second-order valence-corrected chi connectivity index (χ2v) is 2.68. The van der Waals surface area contributed by atoms with Crippen LogP contribution in [-0.2, 0) is 0 Å². The van der Waals surface area contributed by atoms with Crippen molar-refractivity contribution in [3.8, 4) is 0 Å². The average molecular weight is 208 g/mol. The molecule has 0 spiro atoms. The first-order valence-corrected chi connectivity index (χ1v) is 3.75. The van der Waals surface area contributed by atoms with Gasteiger partial charge in [0.2, 0.25) is 6.43 Å². The third kappa shape index (κ3) is 3.87. The first-order valence-electron chi connectivity index (χ1n) is 3.75. The summed E-state index contributed by atoms with van der Waals surface area (Å²) in [7, 11) is 0. The van der Waals surface area contributed by atoms with Gasteiger partial charge in [-0.25, -0.2) is 26.3 Å². The van der Waals surface area contributed by atoms with Crippen molar-refractivity contribution in [1.29, 1.82) is 0 Å². The molecule has 0 bridgehead atoms. The first kappa shape index (κ1) is 12.6. The summed E-state index contributed by atoms with van der Waals surface area (Å²) in [5.41, 5.74) is 0. The maximum absolute atomic E-state index is 12.5. The van der Waals surface area contributed by atoms with Crippen molar-refractivity contribution in [1.82, 2.24) is 0 Å². The van der Waals surface area contributed by atoms with Crippen LogP contribution >= 0.6 is 0 Å². The van der Waals surface area contributed by atoms with Crippen molar-refractivity contribution in [3.05, 3.63) is 0 Å². The summed E-state index contributed by atoms with van der Waals surface area (Å²) in [6.45, 7) is 1.16. The predicted molar refractivity (Wildman–Crippen MR) is 35.7 cm³/mol. The summed E-state index contributed by atoms with van der Waals surface area (Å²) in [5.74, 6) is -4.29. The Morgan fingerprint density at radius 2 is 1.54 bits per heavy atom. The molecule has 0 N–H and O–H groups in total. The molecule has 13 heavy (non-hydrogen) atoms. The summed E-state index contributed by atoms with van der Waals surface area (Å²) in [6, 6.07) is 0. The minimum atomic E-state index is -4.29. The Hall–Kier alpha value is -0.420. The van der Waals surface area contributed by atoms with Crippen LogP contribution in [0.2, 0.25) is 0 Å². The van der Waals surface area contributed by atoms with E-state index in [4.69, 9.17) is 0 Å². The molecule has 0 fully saturated rings. The molecule has 1 unspecified atom stereocenters. The molecule has 0 aromatic rings. The van der Waals surface area contributed by atoms with Crippen molar-refractivity contribution in [2.45, 2.75) is 44.5 Å². The van der Waals surface area contributed by atoms with Gasteiger partial charge in [-0.1, -0.05) is 6.92 Å². The predicted octanol–water partition coefficient (Wildman–Crippen LogP) is 3.36. The lowest BCUT2D eigenvalue weighted by Gasteiger charge is -2.22. The van der Waals surface area contributed by atoms with Gasteiger partial charge >= 0.3 is 0 Å². The molecule has 0 radical (unpaired) electrons. The monoisotopic (exact) mass is 208 g/mol. The van der Waals surface area contributed by atoms with Gasteiger partial charge in [0, 0.05) is 0 Å². The van der Waals surface area contributed by atoms with Crippen molar-refractivity contribution in [3.63, 3.8) is 0 Å². The lowest BCUT2D eigenvalue weighted by molar-refractivity contribution is -0.128. The van der Waals surface area contributed by atoms with Crippen LogP contribution in [-0.4, -0.2) is 24.7 Å². The van der Waals surface area contributed by atoms with Crippen LogP contribution in [0, 0.1) is 0 Å². The molecular weight excluding hydrogens is 198 g/mol. The van der Waals surface area contributed by atoms with E-state index in [1.807, 2.05) is 0 Å². The van der Waals surface area contributed by atoms with E-state index >= 15 is 0 Å².